The molecule has 0 radical (unpaired) electrons. The zero-order valence-electron chi connectivity index (χ0n) is 34.9. The van der Waals surface area contributed by atoms with Gasteiger partial charge in [0.25, 0.3) is 0 Å². The van der Waals surface area contributed by atoms with E-state index in [-0.39, 0.29) is 31.3 Å². The Bertz CT molecular complexity index is 1760. The molecule has 0 bridgehead atoms. The third kappa shape index (κ3) is 9.81. The molecule has 1 heterocycles. The van der Waals surface area contributed by atoms with E-state index >= 15 is 0 Å². The number of Topliss-reactive ketones (excluding diaryl/α,β-unsaturated/α-hetero) is 1. The van der Waals surface area contributed by atoms with Crippen LogP contribution >= 0.6 is 0 Å². The summed E-state index contributed by atoms with van der Waals surface area (Å²) in [6.45, 7) is 13.5. The van der Waals surface area contributed by atoms with Crippen LogP contribution in [0.25, 0.3) is 0 Å². The Balaban J connectivity index is 1.50. The molecule has 1 spiro atoms. The maximum Gasteiger partial charge on any atom is 0.243 e. The lowest BCUT2D eigenvalue weighted by atomic mass is 9.52. The van der Waals surface area contributed by atoms with Crippen molar-refractivity contribution in [3.63, 3.8) is 0 Å². The van der Waals surface area contributed by atoms with Gasteiger partial charge in [-0.2, -0.15) is 0 Å². The van der Waals surface area contributed by atoms with Crippen molar-refractivity contribution in [1.82, 2.24) is 10.6 Å². The number of fused-ring (bicyclic) bond motifs is 1. The van der Waals surface area contributed by atoms with E-state index in [1.807, 2.05) is 50.3 Å². The lowest BCUT2D eigenvalue weighted by molar-refractivity contribution is -0.169. The number of ketones is 1. The third-order valence-corrected chi connectivity index (χ3v) is 13.7. The van der Waals surface area contributed by atoms with Gasteiger partial charge in [-0.1, -0.05) is 78.6 Å². The minimum atomic E-state index is -1.28. The van der Waals surface area contributed by atoms with Gasteiger partial charge >= 0.3 is 0 Å². The van der Waals surface area contributed by atoms with Crippen molar-refractivity contribution in [2.75, 3.05) is 13.2 Å². The number of hydrogen-bond acceptors (Lipinski definition) is 9. The van der Waals surface area contributed by atoms with Crippen molar-refractivity contribution in [3.8, 4) is 0 Å². The number of aliphatic hydroxyl groups is 5. The Morgan fingerprint density at radius 1 is 1.14 bits per heavy atom. The number of carbonyl (C=O) groups excluding carboxylic acids is 2. The monoisotopic (exact) mass is 788 g/mol. The zero-order chi connectivity index (χ0) is 41.7. The van der Waals surface area contributed by atoms with Crippen LogP contribution < -0.4 is 16.4 Å². The standard InChI is InChI=1S/C47H69N3O7/c1-29(2)12-9-13-30(3)14-10-16-34(28-51)36-19-25-47(42(36)54)38(20-24-46(57)21-7-8-22-46)35(18-23-45(47,6)56)32(5)39(53)26-33-15-11-17-37-40(33)41(49-27-31(4)52)44(55)50-43(37)48/h10-12,14-17,31,36,38,41-43,49,51-52,54,56-57H,3,7-9,13,18-28,48H2,1-2,4-6H3,(H,50,55)/b14-10+,34-16-,35-32+/t31-,36+,38+,41-,42+,43-,45+,47+/m0/s1. The largest absolute Gasteiger partial charge is 0.392 e. The molecule has 5 rings (SSSR count). The second-order valence-corrected chi connectivity index (χ2v) is 18.0. The number of amides is 1. The van der Waals surface area contributed by atoms with Crippen molar-refractivity contribution in [3.05, 3.63) is 93.6 Å². The van der Waals surface area contributed by atoms with Crippen LogP contribution in [-0.2, 0) is 16.0 Å². The van der Waals surface area contributed by atoms with Crippen molar-refractivity contribution in [2.45, 2.75) is 154 Å². The molecule has 10 nitrogen and oxygen atoms in total. The number of nitrogens with one attached hydrogen (secondary N) is 2. The highest BCUT2D eigenvalue weighted by Crippen LogP contribution is 2.63. The summed E-state index contributed by atoms with van der Waals surface area (Å²) in [7, 11) is 0. The van der Waals surface area contributed by atoms with Crippen LogP contribution in [0.15, 0.2) is 76.9 Å². The van der Waals surface area contributed by atoms with Crippen molar-refractivity contribution in [1.29, 1.82) is 0 Å². The average Bonchev–Trinajstić information content (AvgIpc) is 3.74. The lowest BCUT2D eigenvalue weighted by Gasteiger charge is -2.56. The van der Waals surface area contributed by atoms with Gasteiger partial charge < -0.3 is 36.6 Å². The molecule has 0 unspecified atom stereocenters. The van der Waals surface area contributed by atoms with Crippen molar-refractivity contribution >= 4 is 11.7 Å². The highest BCUT2D eigenvalue weighted by atomic mass is 16.3. The Hall–Kier alpha value is -3.22. The SMILES string of the molecule is C=C(/C=C/C=C(/CO)[C@H]1CC[C@@]2([C@H](CCC3(O)CCCC3)/C(=C(\C)C(=O)Cc3cccc4c3[C@H](NC[C@H](C)O)C(=O)N[C@@H]4N)CC[C@@]2(C)O)[C@@H]1O)CCC=C(C)C. The molecule has 0 aromatic heterocycles. The quantitative estimate of drug-likeness (QED) is 0.0566. The van der Waals surface area contributed by atoms with Crippen LogP contribution in [0, 0.1) is 17.3 Å². The molecule has 9 N–H and O–H groups in total. The van der Waals surface area contributed by atoms with E-state index in [0.717, 1.165) is 36.8 Å². The molecule has 3 aliphatic carbocycles. The topological polar surface area (TPSA) is 185 Å². The summed E-state index contributed by atoms with van der Waals surface area (Å²) in [4.78, 5) is 27.8. The molecule has 314 valence electrons. The van der Waals surface area contributed by atoms with E-state index in [1.165, 1.54) is 5.57 Å². The molecular formula is C47H69N3O7. The Kier molecular flexibility index (Phi) is 14.8. The van der Waals surface area contributed by atoms with Crippen LogP contribution in [0.5, 0.6) is 0 Å². The minimum Gasteiger partial charge on any atom is -0.392 e. The van der Waals surface area contributed by atoms with Gasteiger partial charge in [-0.05, 0) is 133 Å². The fourth-order valence-electron chi connectivity index (χ4n) is 10.5. The first kappa shape index (κ1) is 44.9. The van der Waals surface area contributed by atoms with Crippen LogP contribution in [-0.4, -0.2) is 73.8 Å². The number of carbonyl (C=O) groups is 2. The fraction of sp³-hybridized carbons (Fsp3) is 0.617. The molecule has 0 saturated heterocycles. The van der Waals surface area contributed by atoms with Gasteiger partial charge in [0.15, 0.2) is 5.78 Å². The number of hydrogen-bond donors (Lipinski definition) is 8. The molecule has 8 atom stereocenters. The van der Waals surface area contributed by atoms with E-state index in [0.29, 0.717) is 79.2 Å². The smallest absolute Gasteiger partial charge is 0.243 e. The van der Waals surface area contributed by atoms with Gasteiger partial charge in [-0.3, -0.25) is 14.9 Å². The molecule has 3 fully saturated rings. The number of benzene rings is 1. The normalized spacial score (nSPS) is 31.3. The van der Waals surface area contributed by atoms with E-state index in [2.05, 4.69) is 37.1 Å². The summed E-state index contributed by atoms with van der Waals surface area (Å²) in [6.07, 6.45) is 13.3. The van der Waals surface area contributed by atoms with Crippen LogP contribution in [0.2, 0.25) is 0 Å². The van der Waals surface area contributed by atoms with Crippen molar-refractivity contribution in [2.24, 2.45) is 23.0 Å². The van der Waals surface area contributed by atoms with E-state index in [1.54, 1.807) is 6.92 Å². The second-order valence-electron chi connectivity index (χ2n) is 18.0. The third-order valence-electron chi connectivity index (χ3n) is 13.7. The van der Waals surface area contributed by atoms with Gasteiger partial charge in [0.05, 0.1) is 30.0 Å². The first-order chi connectivity index (χ1) is 26.9. The first-order valence-electron chi connectivity index (χ1n) is 21.2. The molecule has 1 aromatic carbocycles. The van der Waals surface area contributed by atoms with E-state index in [9.17, 15) is 35.1 Å². The highest BCUT2D eigenvalue weighted by molar-refractivity contribution is 5.98. The number of allylic oxidation sites excluding steroid dienone is 8. The van der Waals surface area contributed by atoms with Gasteiger partial charge in [-0.25, -0.2) is 0 Å². The lowest BCUT2D eigenvalue weighted by Crippen LogP contribution is -2.59. The van der Waals surface area contributed by atoms with Crippen molar-refractivity contribution < 1.29 is 35.1 Å². The first-order valence-corrected chi connectivity index (χ1v) is 21.2. The maximum atomic E-state index is 14.6. The van der Waals surface area contributed by atoms with Gasteiger partial charge in [0.1, 0.15) is 12.2 Å². The molecule has 4 aliphatic rings. The zero-order valence-corrected chi connectivity index (χ0v) is 34.9. The molecule has 57 heavy (non-hydrogen) atoms. The highest BCUT2D eigenvalue weighted by Gasteiger charge is 2.64. The van der Waals surface area contributed by atoms with E-state index in [4.69, 9.17) is 5.73 Å². The summed E-state index contributed by atoms with van der Waals surface area (Å²) >= 11 is 0. The summed E-state index contributed by atoms with van der Waals surface area (Å²) in [5, 5.41) is 63.2. The number of aliphatic hydroxyl groups excluding tert-OH is 3. The molecule has 1 amide bonds. The summed E-state index contributed by atoms with van der Waals surface area (Å²) in [5.41, 5.74) is 9.64. The summed E-state index contributed by atoms with van der Waals surface area (Å²) in [5.74, 6) is -1.25. The Labute approximate surface area is 340 Å². The fourth-order valence-corrected chi connectivity index (χ4v) is 10.5. The maximum absolute atomic E-state index is 14.6. The summed E-state index contributed by atoms with van der Waals surface area (Å²) < 4.78 is 0. The van der Waals surface area contributed by atoms with Crippen LogP contribution in [0.4, 0.5) is 0 Å². The van der Waals surface area contributed by atoms with Gasteiger partial charge in [0, 0.05) is 24.3 Å². The van der Waals surface area contributed by atoms with Gasteiger partial charge in [-0.15, -0.1) is 0 Å². The van der Waals surface area contributed by atoms with Crippen LogP contribution in [0.3, 0.4) is 0 Å². The number of rotatable bonds is 16. The number of nitrogens with two attached hydrogens (primary N) is 1. The molecule has 1 aromatic rings. The molecule has 3 saturated carbocycles. The predicted molar refractivity (Wildman–Crippen MR) is 225 cm³/mol. The minimum absolute atomic E-state index is 0.0138. The van der Waals surface area contributed by atoms with Crippen LogP contribution in [0.1, 0.15) is 141 Å². The summed E-state index contributed by atoms with van der Waals surface area (Å²) in [6, 6.07) is 4.73. The Morgan fingerprint density at radius 2 is 1.86 bits per heavy atom. The molecule has 10 heteroatoms. The second kappa shape index (κ2) is 18.8. The van der Waals surface area contributed by atoms with E-state index < -0.39 is 52.9 Å². The molecular weight excluding hydrogens is 719 g/mol. The average molecular weight is 788 g/mol. The predicted octanol–water partition coefficient (Wildman–Crippen LogP) is 5.99. The van der Waals surface area contributed by atoms with Gasteiger partial charge in [0.2, 0.25) is 5.91 Å². The molecule has 1 aliphatic heterocycles. The Morgan fingerprint density at radius 3 is 2.53 bits per heavy atom.